The highest BCUT2D eigenvalue weighted by Crippen LogP contribution is 2.41. The van der Waals surface area contributed by atoms with Gasteiger partial charge in [-0.15, -0.1) is 11.3 Å². The molecule has 4 heterocycles. The summed E-state index contributed by atoms with van der Waals surface area (Å²) in [4.78, 5) is 32.3. The van der Waals surface area contributed by atoms with E-state index in [0.717, 1.165) is 22.8 Å². The van der Waals surface area contributed by atoms with E-state index in [4.69, 9.17) is 0 Å². The number of hydrogen-bond acceptors (Lipinski definition) is 5. The van der Waals surface area contributed by atoms with Crippen LogP contribution in [0.15, 0.2) is 23.0 Å². The molecular formula is C18H21N3O3S. The maximum absolute atomic E-state index is 13.0. The summed E-state index contributed by atoms with van der Waals surface area (Å²) in [6.45, 7) is 4.86. The molecule has 3 atom stereocenters. The van der Waals surface area contributed by atoms with Crippen molar-refractivity contribution in [2.45, 2.75) is 32.2 Å². The highest BCUT2D eigenvalue weighted by Gasteiger charge is 2.42. The van der Waals surface area contributed by atoms with Gasteiger partial charge >= 0.3 is 0 Å². The first kappa shape index (κ1) is 16.5. The molecule has 132 valence electrons. The number of aromatic nitrogens is 2. The Kier molecular flexibility index (Phi) is 4.00. The largest absolute Gasteiger partial charge is 0.394 e. The van der Waals surface area contributed by atoms with Crippen LogP contribution in [0.4, 0.5) is 0 Å². The van der Waals surface area contributed by atoms with Crippen molar-refractivity contribution in [1.82, 2.24) is 14.5 Å². The van der Waals surface area contributed by atoms with Crippen molar-refractivity contribution in [3.63, 3.8) is 0 Å². The van der Waals surface area contributed by atoms with Crippen molar-refractivity contribution in [3.05, 3.63) is 49.8 Å². The smallest absolute Gasteiger partial charge is 0.265 e. The molecule has 0 aromatic carbocycles. The summed E-state index contributed by atoms with van der Waals surface area (Å²) in [5.74, 6) is 0.240. The van der Waals surface area contributed by atoms with Crippen molar-refractivity contribution >= 4 is 17.2 Å². The standard InChI is InChI=1S/C18H21N3O3S/c1-10-17(25-11(2)19-10)18(24)20-7-12-6-13(8-20)15(9-22)21-14(12)4-3-5-16(21)23/h3-5,12-13,15,22H,6-9H2,1-2H3/t12-,13+,15+/m1/s1. The second-order valence-electron chi connectivity index (χ2n) is 6.96. The summed E-state index contributed by atoms with van der Waals surface area (Å²) < 4.78 is 1.74. The normalized spacial score (nSPS) is 24.9. The molecule has 4 rings (SSSR count). The number of pyridine rings is 1. The molecule has 2 aliphatic rings. The number of carbonyl (C=O) groups is 1. The van der Waals surface area contributed by atoms with E-state index in [-0.39, 0.29) is 36.0 Å². The predicted octanol–water partition coefficient (Wildman–Crippen LogP) is 1.71. The van der Waals surface area contributed by atoms with Crippen LogP contribution in [0.5, 0.6) is 0 Å². The van der Waals surface area contributed by atoms with E-state index in [1.807, 2.05) is 24.8 Å². The molecule has 0 aliphatic carbocycles. The SMILES string of the molecule is Cc1nc(C)c(C(=O)N2C[C@H]3C[C@@H](C2)[C@H](CO)n2c3cccc2=O)s1. The van der Waals surface area contributed by atoms with Gasteiger partial charge in [0.25, 0.3) is 11.5 Å². The summed E-state index contributed by atoms with van der Waals surface area (Å²) >= 11 is 1.43. The van der Waals surface area contributed by atoms with Crippen LogP contribution in [0.25, 0.3) is 0 Å². The quantitative estimate of drug-likeness (QED) is 0.886. The Balaban J connectivity index is 1.70. The fraction of sp³-hybridized carbons (Fsp3) is 0.500. The zero-order valence-electron chi connectivity index (χ0n) is 14.3. The van der Waals surface area contributed by atoms with Gasteiger partial charge < -0.3 is 14.6 Å². The molecule has 0 unspecified atom stereocenters. The molecule has 0 saturated carbocycles. The molecule has 0 radical (unpaired) electrons. The number of aliphatic hydroxyl groups is 1. The molecule has 0 spiro atoms. The van der Waals surface area contributed by atoms with E-state index >= 15 is 0 Å². The number of aryl methyl sites for hydroxylation is 2. The Morgan fingerprint density at radius 2 is 2.16 bits per heavy atom. The number of hydrogen-bond donors (Lipinski definition) is 1. The molecule has 2 aromatic rings. The van der Waals surface area contributed by atoms with Gasteiger partial charge in [0.05, 0.1) is 23.4 Å². The van der Waals surface area contributed by atoms with Crippen molar-refractivity contribution in [1.29, 1.82) is 0 Å². The number of rotatable bonds is 2. The van der Waals surface area contributed by atoms with Crippen LogP contribution in [0.1, 0.15) is 44.4 Å². The van der Waals surface area contributed by atoms with E-state index in [9.17, 15) is 14.7 Å². The van der Waals surface area contributed by atoms with Gasteiger partial charge in [-0.1, -0.05) is 6.07 Å². The number of aliphatic hydroxyl groups excluding tert-OH is 1. The minimum Gasteiger partial charge on any atom is -0.394 e. The van der Waals surface area contributed by atoms with Crippen molar-refractivity contribution in [2.75, 3.05) is 19.7 Å². The first-order chi connectivity index (χ1) is 12.0. The fourth-order valence-corrected chi connectivity index (χ4v) is 5.20. The van der Waals surface area contributed by atoms with Gasteiger partial charge in [0.2, 0.25) is 0 Å². The Bertz CT molecular complexity index is 888. The van der Waals surface area contributed by atoms with Gasteiger partial charge in [0.1, 0.15) is 4.88 Å². The lowest BCUT2D eigenvalue weighted by molar-refractivity contribution is 0.0440. The summed E-state index contributed by atoms with van der Waals surface area (Å²) in [7, 11) is 0. The lowest BCUT2D eigenvalue weighted by atomic mass is 9.78. The number of thiazole rings is 1. The van der Waals surface area contributed by atoms with Crippen LogP contribution in [-0.4, -0.2) is 45.2 Å². The molecule has 2 bridgehead atoms. The third kappa shape index (κ3) is 2.62. The molecule has 1 N–H and O–H groups in total. The van der Waals surface area contributed by atoms with Crippen LogP contribution in [-0.2, 0) is 0 Å². The van der Waals surface area contributed by atoms with Crippen molar-refractivity contribution in [3.8, 4) is 0 Å². The summed E-state index contributed by atoms with van der Waals surface area (Å²) in [6, 6.07) is 4.99. The van der Waals surface area contributed by atoms with E-state index in [2.05, 4.69) is 4.98 Å². The molecule has 1 fully saturated rings. The van der Waals surface area contributed by atoms with Crippen molar-refractivity contribution < 1.29 is 9.90 Å². The monoisotopic (exact) mass is 359 g/mol. The first-order valence-electron chi connectivity index (χ1n) is 8.55. The molecule has 6 nitrogen and oxygen atoms in total. The second kappa shape index (κ2) is 6.07. The number of nitrogens with zero attached hydrogens (tertiary/aromatic N) is 3. The van der Waals surface area contributed by atoms with Crippen LogP contribution in [0, 0.1) is 19.8 Å². The molecule has 2 aliphatic heterocycles. The van der Waals surface area contributed by atoms with Crippen molar-refractivity contribution in [2.24, 2.45) is 5.92 Å². The molecule has 1 saturated heterocycles. The third-order valence-corrected chi connectivity index (χ3v) is 6.43. The maximum atomic E-state index is 13.0. The Hall–Kier alpha value is -1.99. The lowest BCUT2D eigenvalue weighted by Gasteiger charge is -2.46. The molecular weight excluding hydrogens is 338 g/mol. The highest BCUT2D eigenvalue weighted by molar-refractivity contribution is 7.13. The topological polar surface area (TPSA) is 75.4 Å². The number of carbonyl (C=O) groups excluding carboxylic acids is 1. The fourth-order valence-electron chi connectivity index (χ4n) is 4.32. The predicted molar refractivity (Wildman–Crippen MR) is 95.2 cm³/mol. The second-order valence-corrected chi connectivity index (χ2v) is 8.16. The lowest BCUT2D eigenvalue weighted by Crippen LogP contribution is -2.51. The molecule has 25 heavy (non-hydrogen) atoms. The number of piperidine rings is 1. The Labute approximate surface area is 149 Å². The Morgan fingerprint density at radius 1 is 1.36 bits per heavy atom. The van der Waals surface area contributed by atoms with Gasteiger partial charge in [-0.25, -0.2) is 4.98 Å². The van der Waals surface area contributed by atoms with Crippen LogP contribution >= 0.6 is 11.3 Å². The van der Waals surface area contributed by atoms with Crippen LogP contribution in [0.2, 0.25) is 0 Å². The van der Waals surface area contributed by atoms with E-state index in [1.165, 1.54) is 11.3 Å². The first-order valence-corrected chi connectivity index (χ1v) is 9.37. The molecule has 7 heteroatoms. The third-order valence-electron chi connectivity index (χ3n) is 5.37. The zero-order chi connectivity index (χ0) is 17.7. The number of amides is 1. The summed E-state index contributed by atoms with van der Waals surface area (Å²) in [5, 5.41) is 10.8. The van der Waals surface area contributed by atoms with Gasteiger partial charge in [-0.3, -0.25) is 9.59 Å². The average Bonchev–Trinajstić information content (AvgIpc) is 2.93. The van der Waals surface area contributed by atoms with Crippen LogP contribution in [0.3, 0.4) is 0 Å². The molecule has 2 aromatic heterocycles. The van der Waals surface area contributed by atoms with Gasteiger partial charge in [-0.05, 0) is 26.3 Å². The Morgan fingerprint density at radius 3 is 2.84 bits per heavy atom. The average molecular weight is 359 g/mol. The summed E-state index contributed by atoms with van der Waals surface area (Å²) in [6.07, 6.45) is 0.902. The molecule has 1 amide bonds. The van der Waals surface area contributed by atoms with Gasteiger partial charge in [-0.2, -0.15) is 0 Å². The van der Waals surface area contributed by atoms with Gasteiger partial charge in [0, 0.05) is 36.7 Å². The van der Waals surface area contributed by atoms with E-state index in [1.54, 1.807) is 16.7 Å². The minimum absolute atomic E-state index is 0.0150. The number of likely N-dealkylation sites (tertiary alicyclic amines) is 1. The number of fused-ring (bicyclic) bond motifs is 4. The zero-order valence-corrected chi connectivity index (χ0v) is 15.1. The van der Waals surface area contributed by atoms with Gasteiger partial charge in [0.15, 0.2) is 0 Å². The maximum Gasteiger partial charge on any atom is 0.265 e. The minimum atomic E-state index is -0.264. The van der Waals surface area contributed by atoms with E-state index < -0.39 is 0 Å². The van der Waals surface area contributed by atoms with Crippen LogP contribution < -0.4 is 5.56 Å². The summed E-state index contributed by atoms with van der Waals surface area (Å²) in [5.41, 5.74) is 1.64. The van der Waals surface area contributed by atoms with E-state index in [0.29, 0.717) is 18.0 Å². The highest BCUT2D eigenvalue weighted by atomic mass is 32.1.